The van der Waals surface area contributed by atoms with Crippen molar-refractivity contribution >= 4 is 23.4 Å². The van der Waals surface area contributed by atoms with Crippen molar-refractivity contribution in [3.63, 3.8) is 0 Å². The lowest BCUT2D eigenvalue weighted by molar-refractivity contribution is -0.148. The summed E-state index contributed by atoms with van der Waals surface area (Å²) in [5, 5.41) is 2.58. The quantitative estimate of drug-likeness (QED) is 0.185. The summed E-state index contributed by atoms with van der Waals surface area (Å²) < 4.78 is 15.0. The van der Waals surface area contributed by atoms with Gasteiger partial charge in [0.2, 0.25) is 29.0 Å². The van der Waals surface area contributed by atoms with Crippen LogP contribution in [0.3, 0.4) is 0 Å². The molecule has 1 aliphatic carbocycles. The van der Waals surface area contributed by atoms with Gasteiger partial charge in [-0.2, -0.15) is 0 Å². The molecule has 0 fully saturated rings. The van der Waals surface area contributed by atoms with Crippen LogP contribution in [-0.2, 0) is 33.4 Å². The first-order valence-corrected chi connectivity index (χ1v) is 9.95. The minimum atomic E-state index is -0.702. The van der Waals surface area contributed by atoms with Crippen LogP contribution in [0, 0.1) is 0 Å². The maximum Gasteiger partial charge on any atom is 0.304 e. The van der Waals surface area contributed by atoms with Crippen LogP contribution >= 0.6 is 0 Å². The Morgan fingerprint density at radius 1 is 1.00 bits per heavy atom. The zero-order valence-corrected chi connectivity index (χ0v) is 19.2. The van der Waals surface area contributed by atoms with Crippen LogP contribution in [0.2, 0.25) is 0 Å². The molecule has 1 amide bonds. The first-order chi connectivity index (χ1) is 14.5. The van der Waals surface area contributed by atoms with Crippen LogP contribution in [0.1, 0.15) is 53.9 Å². The van der Waals surface area contributed by atoms with Crippen LogP contribution in [0.25, 0.3) is 0 Å². The van der Waals surface area contributed by atoms with E-state index >= 15 is 0 Å². The molecule has 0 bridgehead atoms. The van der Waals surface area contributed by atoms with Gasteiger partial charge in [0.25, 0.3) is 0 Å². The lowest BCUT2D eigenvalue weighted by Crippen LogP contribution is -2.36. The average Bonchev–Trinajstić information content (AvgIpc) is 2.69. The third-order valence-corrected chi connectivity index (χ3v) is 4.77. The molecule has 0 aromatic heterocycles. The molecule has 0 saturated heterocycles. The predicted octanol–water partition coefficient (Wildman–Crippen LogP) is 3.05. The molecule has 1 aliphatic rings. The van der Waals surface area contributed by atoms with E-state index in [0.717, 1.165) is 5.57 Å². The van der Waals surface area contributed by atoms with Gasteiger partial charge in [-0.25, -0.2) is 0 Å². The molecule has 8 heteroatoms. The first kappa shape index (κ1) is 25.9. The summed E-state index contributed by atoms with van der Waals surface area (Å²) in [6.07, 6.45) is 4.58. The van der Waals surface area contributed by atoms with Crippen LogP contribution in [-0.4, -0.2) is 43.9 Å². The zero-order chi connectivity index (χ0) is 23.7. The van der Waals surface area contributed by atoms with Gasteiger partial charge in [0.1, 0.15) is 0 Å². The van der Waals surface area contributed by atoms with E-state index < -0.39 is 12.2 Å². The van der Waals surface area contributed by atoms with E-state index in [4.69, 9.17) is 14.2 Å². The summed E-state index contributed by atoms with van der Waals surface area (Å²) in [6, 6.07) is 0. The summed E-state index contributed by atoms with van der Waals surface area (Å²) >= 11 is 0. The highest BCUT2D eigenvalue weighted by Crippen LogP contribution is 2.28. The highest BCUT2D eigenvalue weighted by atomic mass is 16.6. The van der Waals surface area contributed by atoms with Crippen molar-refractivity contribution in [3.8, 4) is 0 Å². The summed E-state index contributed by atoms with van der Waals surface area (Å²) in [5.41, 5.74) is 2.26. The zero-order valence-electron chi connectivity index (χ0n) is 19.2. The van der Waals surface area contributed by atoms with E-state index in [1.54, 1.807) is 26.8 Å². The van der Waals surface area contributed by atoms with Crippen molar-refractivity contribution in [2.45, 2.75) is 60.1 Å². The minimum Gasteiger partial charge on any atom is -0.489 e. The van der Waals surface area contributed by atoms with Crippen molar-refractivity contribution in [3.05, 3.63) is 46.0 Å². The lowest BCUT2D eigenvalue weighted by Gasteiger charge is -2.19. The van der Waals surface area contributed by atoms with Crippen molar-refractivity contribution in [1.29, 1.82) is 0 Å². The van der Waals surface area contributed by atoms with Gasteiger partial charge in [0.05, 0.1) is 14.2 Å². The Hall–Kier alpha value is -3.16. The number of carbonyl (C=O) groups excluding carboxylic acids is 4. The number of allylic oxidation sites excluding steroid dienone is 5. The number of esters is 1. The summed E-state index contributed by atoms with van der Waals surface area (Å²) in [4.78, 5) is 48.0. The van der Waals surface area contributed by atoms with E-state index in [1.807, 2.05) is 13.0 Å². The van der Waals surface area contributed by atoms with E-state index in [-0.39, 0.29) is 29.0 Å². The SMILES string of the molecule is COC1=C(OC)C(=O)C(C/C=C(\C)CC/C=C(\C)C(=O)NC(C)OC(C)=O)=C(C)C1=O. The van der Waals surface area contributed by atoms with Gasteiger partial charge < -0.3 is 19.5 Å². The summed E-state index contributed by atoms with van der Waals surface area (Å²) in [5.74, 6) is -1.63. The fourth-order valence-corrected chi connectivity index (χ4v) is 3.00. The molecule has 0 aromatic carbocycles. The lowest BCUT2D eigenvalue weighted by atomic mass is 9.90. The molecule has 1 rings (SSSR count). The predicted molar refractivity (Wildman–Crippen MR) is 114 cm³/mol. The fraction of sp³-hybridized carbons (Fsp3) is 0.478. The first-order valence-electron chi connectivity index (χ1n) is 9.95. The highest BCUT2D eigenvalue weighted by Gasteiger charge is 2.34. The fourth-order valence-electron chi connectivity index (χ4n) is 3.00. The van der Waals surface area contributed by atoms with Gasteiger partial charge >= 0.3 is 5.97 Å². The second-order valence-corrected chi connectivity index (χ2v) is 7.23. The molecule has 8 nitrogen and oxygen atoms in total. The number of ketones is 2. The number of hydrogen-bond acceptors (Lipinski definition) is 7. The Morgan fingerprint density at radius 3 is 2.13 bits per heavy atom. The number of Topliss-reactive ketones (excluding diaryl/α,β-unsaturated/α-hetero) is 2. The van der Waals surface area contributed by atoms with Crippen LogP contribution in [0.5, 0.6) is 0 Å². The maximum absolute atomic E-state index is 12.6. The van der Waals surface area contributed by atoms with Gasteiger partial charge in [-0.05, 0) is 47.0 Å². The standard InChI is InChI=1S/C23H31NO7/c1-13(9-8-10-14(2)23(28)24-16(4)31-17(5)25)11-12-18-15(3)19(26)21(29-6)22(30-7)20(18)27/h10-11,16H,8-9,12H2,1-7H3,(H,24,28)/b13-11+,14-10+. The van der Waals surface area contributed by atoms with Gasteiger partial charge in [0, 0.05) is 23.6 Å². The number of ether oxygens (including phenoxy) is 3. The third-order valence-electron chi connectivity index (χ3n) is 4.77. The molecule has 0 heterocycles. The van der Waals surface area contributed by atoms with Gasteiger partial charge in [-0.15, -0.1) is 0 Å². The molecular formula is C23H31NO7. The number of rotatable bonds is 10. The molecule has 1 atom stereocenters. The van der Waals surface area contributed by atoms with Gasteiger partial charge in [-0.3, -0.25) is 19.2 Å². The van der Waals surface area contributed by atoms with Crippen molar-refractivity contribution in [2.24, 2.45) is 0 Å². The molecule has 1 N–H and O–H groups in total. The Labute approximate surface area is 183 Å². The van der Waals surface area contributed by atoms with Crippen LogP contribution < -0.4 is 5.32 Å². The minimum absolute atomic E-state index is 0.0728. The van der Waals surface area contributed by atoms with Crippen molar-refractivity contribution < 1.29 is 33.4 Å². The molecule has 0 spiro atoms. The second-order valence-electron chi connectivity index (χ2n) is 7.23. The monoisotopic (exact) mass is 433 g/mol. The number of amides is 1. The van der Waals surface area contributed by atoms with E-state index in [2.05, 4.69) is 5.32 Å². The van der Waals surface area contributed by atoms with Crippen LogP contribution in [0.15, 0.2) is 46.0 Å². The number of nitrogens with one attached hydrogen (secondary N) is 1. The normalized spacial score (nSPS) is 16.4. The van der Waals surface area contributed by atoms with Crippen molar-refractivity contribution in [1.82, 2.24) is 5.32 Å². The molecule has 31 heavy (non-hydrogen) atoms. The van der Waals surface area contributed by atoms with E-state index in [1.165, 1.54) is 21.1 Å². The smallest absolute Gasteiger partial charge is 0.304 e. The summed E-state index contributed by atoms with van der Waals surface area (Å²) in [7, 11) is 2.66. The highest BCUT2D eigenvalue weighted by molar-refractivity contribution is 6.23. The maximum atomic E-state index is 12.6. The average molecular weight is 434 g/mol. The molecule has 0 aliphatic heterocycles. The molecule has 170 valence electrons. The van der Waals surface area contributed by atoms with E-state index in [0.29, 0.717) is 36.0 Å². The van der Waals surface area contributed by atoms with Crippen molar-refractivity contribution in [2.75, 3.05) is 14.2 Å². The van der Waals surface area contributed by atoms with Gasteiger partial charge in [-0.1, -0.05) is 17.7 Å². The Bertz CT molecular complexity index is 874. The Kier molecular flexibility index (Phi) is 9.92. The number of carbonyl (C=O) groups is 4. The second kappa shape index (κ2) is 11.9. The summed E-state index contributed by atoms with van der Waals surface area (Å²) in [6.45, 7) is 8.06. The van der Waals surface area contributed by atoms with E-state index in [9.17, 15) is 19.2 Å². The molecule has 0 radical (unpaired) electrons. The Morgan fingerprint density at radius 2 is 1.58 bits per heavy atom. The Balaban J connectivity index is 2.71. The van der Waals surface area contributed by atoms with Crippen LogP contribution in [0.4, 0.5) is 0 Å². The number of methoxy groups -OCH3 is 2. The molecule has 0 saturated carbocycles. The number of hydrogen-bond donors (Lipinski definition) is 1. The third kappa shape index (κ3) is 7.24. The largest absolute Gasteiger partial charge is 0.489 e. The molecule has 1 unspecified atom stereocenters. The topological polar surface area (TPSA) is 108 Å². The molecular weight excluding hydrogens is 402 g/mol. The molecule has 0 aromatic rings. The van der Waals surface area contributed by atoms with Gasteiger partial charge in [0.15, 0.2) is 6.23 Å².